The first-order valence-corrected chi connectivity index (χ1v) is 6.89. The molecule has 4 nitrogen and oxygen atoms in total. The largest absolute Gasteiger partial charge is 0.356 e. The molecule has 0 bridgehead atoms. The number of benzene rings is 1. The molecule has 0 spiro atoms. The molecule has 2 aliphatic rings. The van der Waals surface area contributed by atoms with Crippen molar-refractivity contribution in [3.8, 4) is 0 Å². The average Bonchev–Trinajstić information content (AvgIpc) is 2.37. The van der Waals surface area contributed by atoms with Crippen LogP contribution >= 0.6 is 0 Å². The van der Waals surface area contributed by atoms with Gasteiger partial charge in [0.25, 0.3) is 0 Å². The van der Waals surface area contributed by atoms with Gasteiger partial charge in [-0.2, -0.15) is 0 Å². The standard InChI is InChI=1S/C15H21N3O/c1-15(2,3)10-4-5-11-12(8-10)18-7-6-16-9-13(18)14(19)17-11/h4-5,8,13,16H,6-7,9H2,1-3H3,(H,17,19). The highest BCUT2D eigenvalue weighted by atomic mass is 16.2. The molecule has 1 fully saturated rings. The number of anilines is 2. The van der Waals surface area contributed by atoms with Crippen LogP contribution in [0.1, 0.15) is 26.3 Å². The molecule has 0 radical (unpaired) electrons. The monoisotopic (exact) mass is 259 g/mol. The summed E-state index contributed by atoms with van der Waals surface area (Å²) in [7, 11) is 0. The molecule has 1 amide bonds. The Hall–Kier alpha value is -1.55. The van der Waals surface area contributed by atoms with E-state index in [1.165, 1.54) is 11.3 Å². The van der Waals surface area contributed by atoms with E-state index in [1.54, 1.807) is 0 Å². The van der Waals surface area contributed by atoms with E-state index >= 15 is 0 Å². The van der Waals surface area contributed by atoms with Gasteiger partial charge in [0, 0.05) is 19.6 Å². The Bertz CT molecular complexity index is 519. The Kier molecular flexibility index (Phi) is 2.78. The normalized spacial score (nSPS) is 22.6. The number of piperazine rings is 1. The minimum absolute atomic E-state index is 0.0727. The molecule has 0 aliphatic carbocycles. The van der Waals surface area contributed by atoms with Crippen LogP contribution in [0.15, 0.2) is 18.2 Å². The van der Waals surface area contributed by atoms with Crippen LogP contribution in [-0.4, -0.2) is 31.6 Å². The van der Waals surface area contributed by atoms with E-state index in [9.17, 15) is 4.79 Å². The lowest BCUT2D eigenvalue weighted by atomic mass is 9.86. The van der Waals surface area contributed by atoms with Gasteiger partial charge in [-0.3, -0.25) is 4.79 Å². The van der Waals surface area contributed by atoms with Crippen molar-refractivity contribution in [3.05, 3.63) is 23.8 Å². The SMILES string of the molecule is CC(C)(C)c1ccc2c(c1)N1CCNCC1C(=O)N2. The quantitative estimate of drug-likeness (QED) is 0.745. The van der Waals surface area contributed by atoms with Crippen molar-refractivity contribution in [3.63, 3.8) is 0 Å². The summed E-state index contributed by atoms with van der Waals surface area (Å²) in [6, 6.07) is 6.30. The Labute approximate surface area is 114 Å². The molecule has 1 atom stereocenters. The molecule has 1 saturated heterocycles. The molecule has 0 saturated carbocycles. The van der Waals surface area contributed by atoms with Crippen LogP contribution in [0.5, 0.6) is 0 Å². The third kappa shape index (κ3) is 2.10. The van der Waals surface area contributed by atoms with Crippen LogP contribution in [0.4, 0.5) is 11.4 Å². The van der Waals surface area contributed by atoms with E-state index in [1.807, 2.05) is 6.07 Å². The van der Waals surface area contributed by atoms with Crippen molar-refractivity contribution in [2.24, 2.45) is 0 Å². The number of rotatable bonds is 0. The minimum atomic E-state index is -0.0727. The second-order valence-electron chi connectivity index (χ2n) is 6.38. The summed E-state index contributed by atoms with van der Waals surface area (Å²) >= 11 is 0. The van der Waals surface area contributed by atoms with Gasteiger partial charge in [-0.1, -0.05) is 26.8 Å². The second-order valence-corrected chi connectivity index (χ2v) is 6.38. The van der Waals surface area contributed by atoms with E-state index in [-0.39, 0.29) is 17.4 Å². The molecule has 2 N–H and O–H groups in total. The number of carbonyl (C=O) groups is 1. The smallest absolute Gasteiger partial charge is 0.248 e. The van der Waals surface area contributed by atoms with Crippen LogP contribution in [0.2, 0.25) is 0 Å². The lowest BCUT2D eigenvalue weighted by Gasteiger charge is -2.41. The minimum Gasteiger partial charge on any atom is -0.356 e. The molecule has 1 aromatic rings. The van der Waals surface area contributed by atoms with Gasteiger partial charge < -0.3 is 15.5 Å². The second kappa shape index (κ2) is 4.23. The maximum absolute atomic E-state index is 12.1. The van der Waals surface area contributed by atoms with Crippen molar-refractivity contribution < 1.29 is 4.79 Å². The Morgan fingerprint density at radius 2 is 2.11 bits per heavy atom. The zero-order chi connectivity index (χ0) is 13.6. The van der Waals surface area contributed by atoms with E-state index < -0.39 is 0 Å². The van der Waals surface area contributed by atoms with Gasteiger partial charge in [-0.05, 0) is 23.1 Å². The van der Waals surface area contributed by atoms with Crippen LogP contribution < -0.4 is 15.5 Å². The number of amides is 1. The molecule has 4 heteroatoms. The zero-order valence-corrected chi connectivity index (χ0v) is 11.8. The fraction of sp³-hybridized carbons (Fsp3) is 0.533. The van der Waals surface area contributed by atoms with Gasteiger partial charge in [0.05, 0.1) is 11.4 Å². The predicted octanol–water partition coefficient (Wildman–Crippen LogP) is 1.71. The highest BCUT2D eigenvalue weighted by Crippen LogP contribution is 2.36. The van der Waals surface area contributed by atoms with E-state index in [0.717, 1.165) is 25.3 Å². The van der Waals surface area contributed by atoms with Crippen LogP contribution in [0.3, 0.4) is 0 Å². The number of fused-ring (bicyclic) bond motifs is 3. The maximum atomic E-state index is 12.1. The van der Waals surface area contributed by atoms with Crippen molar-refractivity contribution in [2.75, 3.05) is 29.9 Å². The van der Waals surface area contributed by atoms with Crippen molar-refractivity contribution >= 4 is 17.3 Å². The first-order chi connectivity index (χ1) is 8.97. The van der Waals surface area contributed by atoms with E-state index in [2.05, 4.69) is 48.4 Å². The highest BCUT2D eigenvalue weighted by molar-refractivity contribution is 6.04. The van der Waals surface area contributed by atoms with Crippen LogP contribution in [0.25, 0.3) is 0 Å². The third-order valence-electron chi connectivity index (χ3n) is 3.98. The summed E-state index contributed by atoms with van der Waals surface area (Å²) in [6.45, 7) is 9.19. The third-order valence-corrected chi connectivity index (χ3v) is 3.98. The molecule has 102 valence electrons. The molecule has 3 rings (SSSR count). The summed E-state index contributed by atoms with van der Waals surface area (Å²) in [5.74, 6) is 0.100. The Balaban J connectivity index is 2.05. The van der Waals surface area contributed by atoms with Gasteiger partial charge in [0.1, 0.15) is 6.04 Å². The molecule has 19 heavy (non-hydrogen) atoms. The van der Waals surface area contributed by atoms with Gasteiger partial charge in [0.15, 0.2) is 0 Å². The van der Waals surface area contributed by atoms with E-state index in [0.29, 0.717) is 0 Å². The summed E-state index contributed by atoms with van der Waals surface area (Å²) in [5.41, 5.74) is 3.54. The van der Waals surface area contributed by atoms with Gasteiger partial charge in [0.2, 0.25) is 5.91 Å². The maximum Gasteiger partial charge on any atom is 0.248 e. The lowest BCUT2D eigenvalue weighted by Crippen LogP contribution is -2.58. The Morgan fingerprint density at radius 3 is 2.84 bits per heavy atom. The van der Waals surface area contributed by atoms with Gasteiger partial charge in [-0.15, -0.1) is 0 Å². The zero-order valence-electron chi connectivity index (χ0n) is 11.8. The molecule has 0 aromatic heterocycles. The molecule has 2 aliphatic heterocycles. The van der Waals surface area contributed by atoms with Crippen LogP contribution in [0, 0.1) is 0 Å². The van der Waals surface area contributed by atoms with Crippen molar-refractivity contribution in [2.45, 2.75) is 32.2 Å². The number of hydrogen-bond donors (Lipinski definition) is 2. The summed E-state index contributed by atoms with van der Waals surface area (Å²) in [4.78, 5) is 14.3. The predicted molar refractivity (Wildman–Crippen MR) is 77.8 cm³/mol. The van der Waals surface area contributed by atoms with Crippen molar-refractivity contribution in [1.29, 1.82) is 0 Å². The van der Waals surface area contributed by atoms with Crippen LogP contribution in [-0.2, 0) is 10.2 Å². The number of nitrogens with one attached hydrogen (secondary N) is 2. The first kappa shape index (κ1) is 12.5. The summed E-state index contributed by atoms with van der Waals surface area (Å²) in [5, 5.41) is 6.30. The summed E-state index contributed by atoms with van der Waals surface area (Å²) < 4.78 is 0. The number of hydrogen-bond acceptors (Lipinski definition) is 3. The fourth-order valence-corrected chi connectivity index (χ4v) is 2.78. The summed E-state index contributed by atoms with van der Waals surface area (Å²) in [6.07, 6.45) is 0. The topological polar surface area (TPSA) is 44.4 Å². The molecule has 1 unspecified atom stereocenters. The number of carbonyl (C=O) groups excluding carboxylic acids is 1. The molecule has 2 heterocycles. The molecular weight excluding hydrogens is 238 g/mol. The lowest BCUT2D eigenvalue weighted by molar-refractivity contribution is -0.117. The van der Waals surface area contributed by atoms with Crippen molar-refractivity contribution in [1.82, 2.24) is 5.32 Å². The molecular formula is C15H21N3O. The molecule has 1 aromatic carbocycles. The van der Waals surface area contributed by atoms with Gasteiger partial charge in [-0.25, -0.2) is 0 Å². The Morgan fingerprint density at radius 1 is 1.32 bits per heavy atom. The highest BCUT2D eigenvalue weighted by Gasteiger charge is 2.35. The van der Waals surface area contributed by atoms with Gasteiger partial charge >= 0.3 is 0 Å². The fourth-order valence-electron chi connectivity index (χ4n) is 2.78. The van der Waals surface area contributed by atoms with E-state index in [4.69, 9.17) is 0 Å². The number of nitrogens with zero attached hydrogens (tertiary/aromatic N) is 1. The first-order valence-electron chi connectivity index (χ1n) is 6.89. The average molecular weight is 259 g/mol.